The van der Waals surface area contributed by atoms with E-state index < -0.39 is 0 Å². The van der Waals surface area contributed by atoms with E-state index in [-0.39, 0.29) is 17.7 Å². The molecule has 1 aromatic carbocycles. The van der Waals surface area contributed by atoms with Crippen molar-refractivity contribution in [2.24, 2.45) is 5.92 Å². The lowest BCUT2D eigenvalue weighted by atomic mass is 10.2. The second kappa shape index (κ2) is 5.73. The van der Waals surface area contributed by atoms with Gasteiger partial charge in [-0.1, -0.05) is 0 Å². The Morgan fingerprint density at radius 3 is 2.19 bits per heavy atom. The summed E-state index contributed by atoms with van der Waals surface area (Å²) in [6.45, 7) is 0. The zero-order chi connectivity index (χ0) is 14.8. The molecule has 1 aliphatic rings. The third-order valence-electron chi connectivity index (χ3n) is 3.22. The number of hydrogen-bond acceptors (Lipinski definition) is 3. The van der Waals surface area contributed by atoms with Crippen LogP contribution in [0.1, 0.15) is 23.2 Å². The Morgan fingerprint density at radius 2 is 1.67 bits per heavy atom. The summed E-state index contributed by atoms with van der Waals surface area (Å²) >= 11 is 3.16. The molecular formula is C15H13BrN2O3. The highest BCUT2D eigenvalue weighted by atomic mass is 79.9. The van der Waals surface area contributed by atoms with Gasteiger partial charge in [-0.15, -0.1) is 0 Å². The normalized spacial score (nSPS) is 13.8. The van der Waals surface area contributed by atoms with Gasteiger partial charge in [-0.25, -0.2) is 0 Å². The van der Waals surface area contributed by atoms with Gasteiger partial charge in [0.05, 0.1) is 11.8 Å². The molecule has 1 saturated carbocycles. The number of furan rings is 1. The van der Waals surface area contributed by atoms with Crippen molar-refractivity contribution in [2.75, 3.05) is 10.6 Å². The lowest BCUT2D eigenvalue weighted by Gasteiger charge is -2.07. The summed E-state index contributed by atoms with van der Waals surface area (Å²) in [7, 11) is 0. The van der Waals surface area contributed by atoms with Crippen LogP contribution in [0.5, 0.6) is 0 Å². The molecule has 3 rings (SSSR count). The molecule has 0 atom stereocenters. The summed E-state index contributed by atoms with van der Waals surface area (Å²) < 4.78 is 5.42. The third-order valence-corrected chi connectivity index (χ3v) is 3.84. The van der Waals surface area contributed by atoms with Crippen LogP contribution in [0.3, 0.4) is 0 Å². The predicted molar refractivity (Wildman–Crippen MR) is 82.2 cm³/mol. The molecule has 6 heteroatoms. The highest BCUT2D eigenvalue weighted by Gasteiger charge is 2.29. The molecule has 0 bridgehead atoms. The van der Waals surface area contributed by atoms with E-state index in [2.05, 4.69) is 26.6 Å². The first-order chi connectivity index (χ1) is 10.1. The molecule has 0 spiro atoms. The Balaban J connectivity index is 1.62. The minimum atomic E-state index is -0.259. The average Bonchev–Trinajstić information content (AvgIpc) is 3.23. The molecule has 0 unspecified atom stereocenters. The molecular weight excluding hydrogens is 336 g/mol. The van der Waals surface area contributed by atoms with Crippen molar-refractivity contribution in [1.82, 2.24) is 0 Å². The van der Waals surface area contributed by atoms with Crippen molar-refractivity contribution < 1.29 is 14.0 Å². The lowest BCUT2D eigenvalue weighted by molar-refractivity contribution is -0.117. The number of anilines is 2. The summed E-state index contributed by atoms with van der Waals surface area (Å²) in [5.74, 6) is -0.0256. The van der Waals surface area contributed by atoms with Gasteiger partial charge in [0.2, 0.25) is 5.91 Å². The zero-order valence-electron chi connectivity index (χ0n) is 11.1. The van der Waals surface area contributed by atoms with Gasteiger partial charge >= 0.3 is 0 Å². The van der Waals surface area contributed by atoms with Crippen molar-refractivity contribution in [3.63, 3.8) is 0 Å². The summed E-state index contributed by atoms with van der Waals surface area (Å²) in [4.78, 5) is 23.6. The number of benzene rings is 1. The van der Waals surface area contributed by atoms with Crippen LogP contribution in [0.2, 0.25) is 0 Å². The van der Waals surface area contributed by atoms with Crippen LogP contribution in [-0.4, -0.2) is 11.8 Å². The molecule has 1 heterocycles. The first-order valence-corrected chi connectivity index (χ1v) is 7.38. The summed E-state index contributed by atoms with van der Waals surface area (Å²) in [5, 5.41) is 5.61. The van der Waals surface area contributed by atoms with Gasteiger partial charge in [-0.3, -0.25) is 9.59 Å². The van der Waals surface area contributed by atoms with Crippen LogP contribution in [-0.2, 0) is 4.79 Å². The number of carbonyl (C=O) groups excluding carboxylic acids is 2. The Kier molecular flexibility index (Phi) is 3.79. The molecule has 0 saturated heterocycles. The fourth-order valence-electron chi connectivity index (χ4n) is 1.88. The average molecular weight is 349 g/mol. The Hall–Kier alpha value is -2.08. The van der Waals surface area contributed by atoms with Crippen molar-refractivity contribution >= 4 is 39.1 Å². The standard InChI is InChI=1S/C15H13BrN2O3/c16-13-12(7-8-21-13)15(20)18-11-5-3-10(4-6-11)17-14(19)9-1-2-9/h3-9H,1-2H2,(H,17,19)(H,18,20). The molecule has 108 valence electrons. The highest BCUT2D eigenvalue weighted by molar-refractivity contribution is 9.10. The van der Waals surface area contributed by atoms with Crippen LogP contribution in [0.15, 0.2) is 45.7 Å². The van der Waals surface area contributed by atoms with Crippen LogP contribution >= 0.6 is 15.9 Å². The van der Waals surface area contributed by atoms with Gasteiger partial charge in [-0.05, 0) is 59.1 Å². The predicted octanol–water partition coefficient (Wildman–Crippen LogP) is 3.64. The van der Waals surface area contributed by atoms with Crippen molar-refractivity contribution in [3.8, 4) is 0 Å². The van der Waals surface area contributed by atoms with E-state index >= 15 is 0 Å². The van der Waals surface area contributed by atoms with Crippen LogP contribution in [0.4, 0.5) is 11.4 Å². The zero-order valence-corrected chi connectivity index (χ0v) is 12.6. The first kappa shape index (κ1) is 13.9. The maximum Gasteiger partial charge on any atom is 0.260 e. The quantitative estimate of drug-likeness (QED) is 0.885. The SMILES string of the molecule is O=C(Nc1ccc(NC(=O)C2CC2)cc1)c1ccoc1Br. The Labute approximate surface area is 129 Å². The first-order valence-electron chi connectivity index (χ1n) is 6.59. The Bertz CT molecular complexity index is 674. The van der Waals surface area contributed by atoms with Crippen molar-refractivity contribution in [3.05, 3.63) is 46.8 Å². The van der Waals surface area contributed by atoms with E-state index in [1.807, 2.05) is 0 Å². The summed E-state index contributed by atoms with van der Waals surface area (Å²) in [6.07, 6.45) is 3.38. The van der Waals surface area contributed by atoms with E-state index in [9.17, 15) is 9.59 Å². The fourth-order valence-corrected chi connectivity index (χ4v) is 2.30. The molecule has 1 aliphatic carbocycles. The molecule has 21 heavy (non-hydrogen) atoms. The molecule has 5 nitrogen and oxygen atoms in total. The van der Waals surface area contributed by atoms with Gasteiger partial charge in [0.1, 0.15) is 0 Å². The van der Waals surface area contributed by atoms with E-state index in [0.717, 1.165) is 18.5 Å². The third kappa shape index (κ3) is 3.33. The molecule has 2 aromatic rings. The van der Waals surface area contributed by atoms with Crippen LogP contribution in [0, 0.1) is 5.92 Å². The smallest absolute Gasteiger partial charge is 0.260 e. The molecule has 1 fully saturated rings. The number of nitrogens with one attached hydrogen (secondary N) is 2. The van der Waals surface area contributed by atoms with E-state index in [1.54, 1.807) is 30.3 Å². The molecule has 1 aromatic heterocycles. The van der Waals surface area contributed by atoms with Gasteiger partial charge in [0.15, 0.2) is 4.67 Å². The van der Waals surface area contributed by atoms with Gasteiger partial charge < -0.3 is 15.1 Å². The van der Waals surface area contributed by atoms with Gasteiger partial charge in [0.25, 0.3) is 5.91 Å². The number of amides is 2. The topological polar surface area (TPSA) is 71.3 Å². The minimum Gasteiger partial charge on any atom is -0.457 e. The largest absolute Gasteiger partial charge is 0.457 e. The van der Waals surface area contributed by atoms with Crippen molar-refractivity contribution in [2.45, 2.75) is 12.8 Å². The number of halogens is 1. The van der Waals surface area contributed by atoms with Crippen molar-refractivity contribution in [1.29, 1.82) is 0 Å². The summed E-state index contributed by atoms with van der Waals surface area (Å²) in [5.41, 5.74) is 1.81. The maximum atomic E-state index is 12.0. The number of rotatable bonds is 4. The van der Waals surface area contributed by atoms with E-state index in [1.165, 1.54) is 6.26 Å². The van der Waals surface area contributed by atoms with E-state index in [0.29, 0.717) is 15.9 Å². The van der Waals surface area contributed by atoms with E-state index in [4.69, 9.17) is 4.42 Å². The molecule has 2 N–H and O–H groups in total. The second-order valence-electron chi connectivity index (χ2n) is 4.90. The molecule has 0 radical (unpaired) electrons. The fraction of sp³-hybridized carbons (Fsp3) is 0.200. The molecule has 2 amide bonds. The van der Waals surface area contributed by atoms with Gasteiger partial charge in [-0.2, -0.15) is 0 Å². The van der Waals surface area contributed by atoms with Crippen LogP contribution in [0.25, 0.3) is 0 Å². The summed E-state index contributed by atoms with van der Waals surface area (Å²) in [6, 6.07) is 8.60. The lowest BCUT2D eigenvalue weighted by Crippen LogP contribution is -2.14. The minimum absolute atomic E-state index is 0.0640. The highest BCUT2D eigenvalue weighted by Crippen LogP contribution is 2.30. The maximum absolute atomic E-state index is 12.0. The van der Waals surface area contributed by atoms with Gasteiger partial charge in [0, 0.05) is 17.3 Å². The number of hydrogen-bond donors (Lipinski definition) is 2. The van der Waals surface area contributed by atoms with Crippen LogP contribution < -0.4 is 10.6 Å². The number of carbonyl (C=O) groups is 2. The monoisotopic (exact) mass is 348 g/mol. The second-order valence-corrected chi connectivity index (χ2v) is 5.62. The Morgan fingerprint density at radius 1 is 1.05 bits per heavy atom. The molecule has 0 aliphatic heterocycles.